The van der Waals surface area contributed by atoms with Gasteiger partial charge in [0.1, 0.15) is 0 Å². The topological polar surface area (TPSA) is 67.9 Å². The predicted molar refractivity (Wildman–Crippen MR) is 115 cm³/mol. The highest BCUT2D eigenvalue weighted by Gasteiger charge is 2.23. The van der Waals surface area contributed by atoms with Gasteiger partial charge in [0.15, 0.2) is 11.5 Å². The number of anilines is 1. The molecule has 2 aromatic rings. The second-order valence-electron chi connectivity index (χ2n) is 6.81. The van der Waals surface area contributed by atoms with Crippen LogP contribution in [0.1, 0.15) is 30.1 Å². The fraction of sp³-hybridized carbons (Fsp3) is 0.364. The number of benzene rings is 2. The highest BCUT2D eigenvalue weighted by molar-refractivity contribution is 8.00. The van der Waals surface area contributed by atoms with Crippen molar-refractivity contribution in [3.8, 4) is 11.5 Å². The number of amides is 2. The summed E-state index contributed by atoms with van der Waals surface area (Å²) in [4.78, 5) is 28.3. The summed E-state index contributed by atoms with van der Waals surface area (Å²) in [5.74, 6) is 1.07. The van der Waals surface area contributed by atoms with E-state index in [-0.39, 0.29) is 17.1 Å². The van der Waals surface area contributed by atoms with Crippen molar-refractivity contribution in [2.75, 3.05) is 32.6 Å². The van der Waals surface area contributed by atoms with Gasteiger partial charge in [-0.05, 0) is 50.1 Å². The number of ether oxygens (including phenoxy) is 2. The smallest absolute Gasteiger partial charge is 0.255 e. The van der Waals surface area contributed by atoms with Gasteiger partial charge < -0.3 is 19.7 Å². The lowest BCUT2D eigenvalue weighted by Gasteiger charge is -2.19. The molecule has 6 nitrogen and oxygen atoms in total. The van der Waals surface area contributed by atoms with Crippen molar-refractivity contribution >= 4 is 29.3 Å². The summed E-state index contributed by atoms with van der Waals surface area (Å²) >= 11 is 1.42. The first-order valence-electron chi connectivity index (χ1n) is 9.61. The third-order valence-electron chi connectivity index (χ3n) is 4.85. The van der Waals surface area contributed by atoms with Crippen molar-refractivity contribution < 1.29 is 19.1 Å². The quantitative estimate of drug-likeness (QED) is 0.692. The maximum atomic E-state index is 12.8. The van der Waals surface area contributed by atoms with Gasteiger partial charge in [-0.3, -0.25) is 9.59 Å². The summed E-state index contributed by atoms with van der Waals surface area (Å²) in [6, 6.07) is 12.7. The molecule has 1 atom stereocenters. The number of methoxy groups -OCH3 is 2. The number of thioether (sulfide) groups is 1. The van der Waals surface area contributed by atoms with Gasteiger partial charge in [-0.15, -0.1) is 11.8 Å². The standard InChI is InChI=1S/C22H26N2O4S/c1-15(29-16-10-11-19(27-2)20(14-16)28-3)21(25)23-18-9-5-4-8-17(18)22(26)24-12-6-7-13-24/h4-5,8-11,14-15H,6-7,12-13H2,1-3H3,(H,23,25)/t15-/m0/s1. The number of likely N-dealkylation sites (tertiary alicyclic amines) is 1. The minimum absolute atomic E-state index is 0.0291. The molecule has 0 aromatic heterocycles. The van der Waals surface area contributed by atoms with Crippen LogP contribution in [0.15, 0.2) is 47.4 Å². The van der Waals surface area contributed by atoms with Crippen LogP contribution in [0.4, 0.5) is 5.69 Å². The summed E-state index contributed by atoms with van der Waals surface area (Å²) in [6.07, 6.45) is 2.05. The summed E-state index contributed by atoms with van der Waals surface area (Å²) in [5.41, 5.74) is 1.08. The van der Waals surface area contributed by atoms with E-state index in [0.29, 0.717) is 22.7 Å². The number of para-hydroxylation sites is 1. The molecule has 2 aromatic carbocycles. The monoisotopic (exact) mass is 414 g/mol. The molecule has 1 aliphatic heterocycles. The van der Waals surface area contributed by atoms with Gasteiger partial charge in [-0.1, -0.05) is 12.1 Å². The van der Waals surface area contributed by atoms with Gasteiger partial charge >= 0.3 is 0 Å². The summed E-state index contributed by atoms with van der Waals surface area (Å²) in [6.45, 7) is 3.38. The molecule has 1 heterocycles. The van der Waals surface area contributed by atoms with Crippen molar-refractivity contribution in [3.63, 3.8) is 0 Å². The molecule has 154 valence electrons. The van der Waals surface area contributed by atoms with E-state index in [1.165, 1.54) is 11.8 Å². The minimum Gasteiger partial charge on any atom is -0.493 e. The van der Waals surface area contributed by atoms with Gasteiger partial charge in [0.05, 0.1) is 30.7 Å². The summed E-state index contributed by atoms with van der Waals surface area (Å²) in [7, 11) is 3.17. The van der Waals surface area contributed by atoms with Crippen molar-refractivity contribution in [1.82, 2.24) is 4.90 Å². The van der Waals surface area contributed by atoms with E-state index in [1.54, 1.807) is 26.4 Å². The highest BCUT2D eigenvalue weighted by Crippen LogP contribution is 2.34. The molecule has 0 spiro atoms. The molecular formula is C22H26N2O4S. The normalized spacial score (nSPS) is 14.4. The van der Waals surface area contributed by atoms with Crippen LogP contribution < -0.4 is 14.8 Å². The number of nitrogens with one attached hydrogen (secondary N) is 1. The Morgan fingerprint density at radius 2 is 1.72 bits per heavy atom. The van der Waals surface area contributed by atoms with Gasteiger partial charge in [0, 0.05) is 18.0 Å². The first kappa shape index (κ1) is 21.0. The van der Waals surface area contributed by atoms with E-state index in [9.17, 15) is 9.59 Å². The SMILES string of the molecule is COc1ccc(S[C@@H](C)C(=O)Nc2ccccc2C(=O)N2CCCC2)cc1OC. The Morgan fingerprint density at radius 3 is 2.41 bits per heavy atom. The molecule has 1 N–H and O–H groups in total. The Kier molecular flexibility index (Phi) is 7.04. The zero-order valence-corrected chi connectivity index (χ0v) is 17.8. The van der Waals surface area contributed by atoms with Crippen LogP contribution in [0.5, 0.6) is 11.5 Å². The van der Waals surface area contributed by atoms with Crippen LogP contribution in [-0.2, 0) is 4.79 Å². The highest BCUT2D eigenvalue weighted by atomic mass is 32.2. The van der Waals surface area contributed by atoms with E-state index in [0.717, 1.165) is 30.8 Å². The fourth-order valence-electron chi connectivity index (χ4n) is 3.25. The molecule has 0 saturated carbocycles. The van der Waals surface area contributed by atoms with Gasteiger partial charge in [-0.25, -0.2) is 0 Å². The second kappa shape index (κ2) is 9.69. The molecule has 2 amide bonds. The lowest BCUT2D eigenvalue weighted by Crippen LogP contribution is -2.29. The van der Waals surface area contributed by atoms with E-state index < -0.39 is 0 Å². The second-order valence-corrected chi connectivity index (χ2v) is 8.23. The Morgan fingerprint density at radius 1 is 1.03 bits per heavy atom. The Labute approximate surface area is 175 Å². The van der Waals surface area contributed by atoms with E-state index >= 15 is 0 Å². The van der Waals surface area contributed by atoms with Gasteiger partial charge in [-0.2, -0.15) is 0 Å². The molecular weight excluding hydrogens is 388 g/mol. The van der Waals surface area contributed by atoms with Crippen LogP contribution in [-0.4, -0.2) is 49.3 Å². The maximum absolute atomic E-state index is 12.8. The lowest BCUT2D eigenvalue weighted by atomic mass is 10.1. The average Bonchev–Trinajstić information content (AvgIpc) is 3.28. The fourth-order valence-corrected chi connectivity index (χ4v) is 4.15. The lowest BCUT2D eigenvalue weighted by molar-refractivity contribution is -0.115. The van der Waals surface area contributed by atoms with Crippen LogP contribution in [0, 0.1) is 0 Å². The van der Waals surface area contributed by atoms with Crippen molar-refractivity contribution in [2.24, 2.45) is 0 Å². The molecule has 1 aliphatic rings. The summed E-state index contributed by atoms with van der Waals surface area (Å²) < 4.78 is 10.6. The van der Waals surface area contributed by atoms with Gasteiger partial charge in [0.25, 0.3) is 5.91 Å². The first-order valence-corrected chi connectivity index (χ1v) is 10.5. The number of carbonyl (C=O) groups is 2. The van der Waals surface area contributed by atoms with Crippen molar-refractivity contribution in [1.29, 1.82) is 0 Å². The number of rotatable bonds is 7. The molecule has 0 bridgehead atoms. The van der Waals surface area contributed by atoms with Crippen molar-refractivity contribution in [3.05, 3.63) is 48.0 Å². The molecule has 29 heavy (non-hydrogen) atoms. The largest absolute Gasteiger partial charge is 0.493 e. The zero-order valence-electron chi connectivity index (χ0n) is 16.9. The van der Waals surface area contributed by atoms with Crippen molar-refractivity contribution in [2.45, 2.75) is 29.9 Å². The van der Waals surface area contributed by atoms with Crippen LogP contribution in [0.25, 0.3) is 0 Å². The molecule has 7 heteroatoms. The molecule has 1 fully saturated rings. The molecule has 0 aliphatic carbocycles. The third kappa shape index (κ3) is 5.03. The van der Waals surface area contributed by atoms with Crippen LogP contribution in [0.2, 0.25) is 0 Å². The van der Waals surface area contributed by atoms with Gasteiger partial charge in [0.2, 0.25) is 5.91 Å². The van der Waals surface area contributed by atoms with Crippen LogP contribution in [0.3, 0.4) is 0 Å². The number of hydrogen-bond donors (Lipinski definition) is 1. The predicted octanol–water partition coefficient (Wildman–Crippen LogP) is 4.06. The third-order valence-corrected chi connectivity index (χ3v) is 5.94. The average molecular weight is 415 g/mol. The zero-order chi connectivity index (χ0) is 20.8. The van der Waals surface area contributed by atoms with E-state index in [1.807, 2.05) is 42.2 Å². The van der Waals surface area contributed by atoms with E-state index in [2.05, 4.69) is 5.32 Å². The molecule has 1 saturated heterocycles. The minimum atomic E-state index is -0.358. The number of hydrogen-bond acceptors (Lipinski definition) is 5. The number of carbonyl (C=O) groups excluding carboxylic acids is 2. The van der Waals surface area contributed by atoms with E-state index in [4.69, 9.17) is 9.47 Å². The molecule has 0 unspecified atom stereocenters. The Hall–Kier alpha value is -2.67. The van der Waals surface area contributed by atoms with Crippen LogP contribution >= 0.6 is 11.8 Å². The first-order chi connectivity index (χ1) is 14.0. The summed E-state index contributed by atoms with van der Waals surface area (Å²) in [5, 5.41) is 2.56. The Bertz CT molecular complexity index is 881. The molecule has 0 radical (unpaired) electrons. The number of nitrogens with zero attached hydrogens (tertiary/aromatic N) is 1. The Balaban J connectivity index is 1.69. The molecule has 3 rings (SSSR count). The maximum Gasteiger partial charge on any atom is 0.255 e.